The van der Waals surface area contributed by atoms with Crippen LogP contribution in [-0.4, -0.2) is 25.9 Å². The maximum absolute atomic E-state index is 8.66. The Bertz CT molecular complexity index is 170. The third kappa shape index (κ3) is 3.75. The normalized spacial score (nSPS) is 20.9. The van der Waals surface area contributed by atoms with E-state index < -0.39 is 0 Å². The van der Waals surface area contributed by atoms with Gasteiger partial charge in [-0.05, 0) is 25.2 Å². The Hall–Kier alpha value is -0.590. The van der Waals surface area contributed by atoms with Crippen LogP contribution < -0.4 is 0 Å². The molecular weight excluding hydrogens is 166 g/mol. The van der Waals surface area contributed by atoms with E-state index in [4.69, 9.17) is 14.7 Å². The van der Waals surface area contributed by atoms with Gasteiger partial charge in [-0.3, -0.25) is 0 Å². The van der Waals surface area contributed by atoms with Crippen molar-refractivity contribution in [2.24, 2.45) is 5.92 Å². The molecule has 1 aliphatic rings. The number of nitrogens with zero attached hydrogens (tertiary/aromatic N) is 1. The van der Waals surface area contributed by atoms with E-state index in [0.717, 1.165) is 39.1 Å². The van der Waals surface area contributed by atoms with Gasteiger partial charge >= 0.3 is 0 Å². The van der Waals surface area contributed by atoms with Crippen LogP contribution in [-0.2, 0) is 9.47 Å². The summed E-state index contributed by atoms with van der Waals surface area (Å²) in [5.74, 6) is 0.594. The molecule has 0 bridgehead atoms. The van der Waals surface area contributed by atoms with E-state index in [9.17, 15) is 0 Å². The molecule has 1 unspecified atom stereocenters. The second kappa shape index (κ2) is 5.95. The summed E-state index contributed by atoms with van der Waals surface area (Å²) >= 11 is 0. The lowest BCUT2D eigenvalue weighted by Gasteiger charge is -2.22. The van der Waals surface area contributed by atoms with Gasteiger partial charge < -0.3 is 9.47 Å². The molecule has 3 nitrogen and oxygen atoms in total. The molecule has 0 aromatic carbocycles. The highest BCUT2D eigenvalue weighted by molar-refractivity contribution is 4.82. The maximum atomic E-state index is 8.66. The van der Waals surface area contributed by atoms with Crippen LogP contribution in [0.25, 0.3) is 0 Å². The molecule has 0 saturated carbocycles. The van der Waals surface area contributed by atoms with Gasteiger partial charge in [0.05, 0.1) is 12.7 Å². The quantitative estimate of drug-likeness (QED) is 0.666. The van der Waals surface area contributed by atoms with Crippen LogP contribution >= 0.6 is 0 Å². The van der Waals surface area contributed by atoms with Gasteiger partial charge in [0.15, 0.2) is 0 Å². The molecule has 13 heavy (non-hydrogen) atoms. The lowest BCUT2D eigenvalue weighted by molar-refractivity contribution is 0.00475. The van der Waals surface area contributed by atoms with Crippen molar-refractivity contribution in [1.82, 2.24) is 0 Å². The Kier molecular flexibility index (Phi) is 4.81. The molecule has 0 spiro atoms. The zero-order chi connectivity index (χ0) is 9.52. The molecular formula is C10H17NO2. The molecule has 1 aliphatic heterocycles. The first-order valence-electron chi connectivity index (χ1n) is 4.95. The van der Waals surface area contributed by atoms with E-state index in [1.165, 1.54) is 0 Å². The minimum absolute atomic E-state index is 0.220. The smallest absolute Gasteiger partial charge is 0.143 e. The zero-order valence-corrected chi connectivity index (χ0v) is 8.16. The highest BCUT2D eigenvalue weighted by Crippen LogP contribution is 2.15. The van der Waals surface area contributed by atoms with Gasteiger partial charge in [-0.25, -0.2) is 0 Å². The standard InChI is InChI=1S/C10H17NO2/c1-2-10(7-11)13-8-9-3-5-12-6-4-9/h9-10H,2-6,8H2,1H3. The molecule has 1 rings (SSSR count). The van der Waals surface area contributed by atoms with Crippen molar-refractivity contribution in [2.45, 2.75) is 32.3 Å². The first kappa shape index (κ1) is 10.5. The average molecular weight is 183 g/mol. The minimum Gasteiger partial charge on any atom is -0.381 e. The van der Waals surface area contributed by atoms with E-state index in [-0.39, 0.29) is 6.10 Å². The number of rotatable bonds is 4. The highest BCUT2D eigenvalue weighted by atomic mass is 16.5. The summed E-state index contributed by atoms with van der Waals surface area (Å²) in [6.07, 6.45) is 2.70. The monoisotopic (exact) mass is 183 g/mol. The molecule has 1 atom stereocenters. The van der Waals surface area contributed by atoms with Gasteiger partial charge in [0.2, 0.25) is 0 Å². The van der Waals surface area contributed by atoms with E-state index in [0.29, 0.717) is 5.92 Å². The summed E-state index contributed by atoms with van der Waals surface area (Å²) < 4.78 is 10.7. The van der Waals surface area contributed by atoms with Crippen molar-refractivity contribution in [3.05, 3.63) is 0 Å². The Morgan fingerprint density at radius 1 is 1.54 bits per heavy atom. The van der Waals surface area contributed by atoms with E-state index in [1.807, 2.05) is 6.92 Å². The van der Waals surface area contributed by atoms with Crippen molar-refractivity contribution < 1.29 is 9.47 Å². The number of hydrogen-bond acceptors (Lipinski definition) is 3. The fraction of sp³-hybridized carbons (Fsp3) is 0.900. The first-order valence-corrected chi connectivity index (χ1v) is 4.95. The number of hydrogen-bond donors (Lipinski definition) is 0. The molecule has 3 heteroatoms. The molecule has 1 fully saturated rings. The predicted octanol–water partition coefficient (Wildman–Crippen LogP) is 1.73. The summed E-state index contributed by atoms with van der Waals surface area (Å²) in [5.41, 5.74) is 0. The van der Waals surface area contributed by atoms with Gasteiger partial charge in [-0.2, -0.15) is 5.26 Å². The second-order valence-corrected chi connectivity index (χ2v) is 3.42. The molecule has 1 saturated heterocycles. The molecule has 0 radical (unpaired) electrons. The summed E-state index contributed by atoms with van der Waals surface area (Å²) in [6, 6.07) is 2.14. The van der Waals surface area contributed by atoms with Gasteiger partial charge in [-0.15, -0.1) is 0 Å². The lowest BCUT2D eigenvalue weighted by atomic mass is 10.0. The van der Waals surface area contributed by atoms with Gasteiger partial charge in [-0.1, -0.05) is 6.92 Å². The molecule has 0 aliphatic carbocycles. The lowest BCUT2D eigenvalue weighted by Crippen LogP contribution is -2.22. The number of ether oxygens (including phenoxy) is 2. The van der Waals surface area contributed by atoms with Crippen molar-refractivity contribution in [1.29, 1.82) is 5.26 Å². The van der Waals surface area contributed by atoms with Crippen LogP contribution in [0.4, 0.5) is 0 Å². The third-order valence-corrected chi connectivity index (χ3v) is 2.39. The summed E-state index contributed by atoms with van der Waals surface area (Å²) in [4.78, 5) is 0. The van der Waals surface area contributed by atoms with Gasteiger partial charge in [0, 0.05) is 13.2 Å². The van der Waals surface area contributed by atoms with E-state index >= 15 is 0 Å². The Morgan fingerprint density at radius 3 is 2.77 bits per heavy atom. The molecule has 0 amide bonds. The van der Waals surface area contributed by atoms with Crippen molar-refractivity contribution >= 4 is 0 Å². The van der Waals surface area contributed by atoms with Crippen LogP contribution in [0.5, 0.6) is 0 Å². The second-order valence-electron chi connectivity index (χ2n) is 3.42. The zero-order valence-electron chi connectivity index (χ0n) is 8.16. The van der Waals surface area contributed by atoms with Gasteiger partial charge in [0.25, 0.3) is 0 Å². The largest absolute Gasteiger partial charge is 0.381 e. The van der Waals surface area contributed by atoms with Crippen LogP contribution in [0.1, 0.15) is 26.2 Å². The van der Waals surface area contributed by atoms with Crippen LogP contribution in [0.2, 0.25) is 0 Å². The SMILES string of the molecule is CCC(C#N)OCC1CCOCC1. The molecule has 74 valence electrons. The topological polar surface area (TPSA) is 42.2 Å². The minimum atomic E-state index is -0.220. The van der Waals surface area contributed by atoms with Crippen LogP contribution in [0, 0.1) is 17.2 Å². The Balaban J connectivity index is 2.13. The van der Waals surface area contributed by atoms with Gasteiger partial charge in [0.1, 0.15) is 6.10 Å². The molecule has 0 aromatic heterocycles. The average Bonchev–Trinajstić information content (AvgIpc) is 2.21. The van der Waals surface area contributed by atoms with E-state index in [1.54, 1.807) is 0 Å². The van der Waals surface area contributed by atoms with E-state index in [2.05, 4.69) is 6.07 Å². The van der Waals surface area contributed by atoms with Crippen LogP contribution in [0.15, 0.2) is 0 Å². The Labute approximate surface area is 79.6 Å². The molecule has 0 aromatic rings. The molecule has 1 heterocycles. The summed E-state index contributed by atoms with van der Waals surface area (Å²) in [7, 11) is 0. The van der Waals surface area contributed by atoms with Crippen LogP contribution in [0.3, 0.4) is 0 Å². The summed E-state index contributed by atoms with van der Waals surface area (Å²) in [6.45, 7) is 4.38. The predicted molar refractivity (Wildman–Crippen MR) is 49.2 cm³/mol. The number of nitriles is 1. The maximum Gasteiger partial charge on any atom is 0.143 e. The van der Waals surface area contributed by atoms with Crippen molar-refractivity contribution in [3.8, 4) is 6.07 Å². The van der Waals surface area contributed by atoms with Crippen molar-refractivity contribution in [3.63, 3.8) is 0 Å². The summed E-state index contributed by atoms with van der Waals surface area (Å²) in [5, 5.41) is 8.66. The Morgan fingerprint density at radius 2 is 2.23 bits per heavy atom. The molecule has 0 N–H and O–H groups in total. The fourth-order valence-corrected chi connectivity index (χ4v) is 1.41. The fourth-order valence-electron chi connectivity index (χ4n) is 1.41. The van der Waals surface area contributed by atoms with Crippen molar-refractivity contribution in [2.75, 3.05) is 19.8 Å². The highest BCUT2D eigenvalue weighted by Gasteiger charge is 2.15. The first-order chi connectivity index (χ1) is 6.36. The third-order valence-electron chi connectivity index (χ3n) is 2.39.